The molecule has 1 amide bonds. The average molecular weight is 287 g/mol. The number of aliphatic hydroxyl groups excluding tert-OH is 1. The maximum atomic E-state index is 11.9. The Balaban J connectivity index is 2.55. The lowest BCUT2D eigenvalue weighted by Crippen LogP contribution is -2.58. The van der Waals surface area contributed by atoms with Gasteiger partial charge in [-0.2, -0.15) is 0 Å². The summed E-state index contributed by atoms with van der Waals surface area (Å²) < 4.78 is 0. The van der Waals surface area contributed by atoms with Gasteiger partial charge in [-0.3, -0.25) is 4.79 Å². The van der Waals surface area contributed by atoms with Crippen molar-refractivity contribution in [1.82, 2.24) is 5.32 Å². The number of nitrogens with one attached hydrogen (secondary N) is 1. The van der Waals surface area contributed by atoms with Crippen LogP contribution in [0.15, 0.2) is 54.3 Å². The van der Waals surface area contributed by atoms with Gasteiger partial charge >= 0.3 is 5.97 Å². The van der Waals surface area contributed by atoms with E-state index >= 15 is 0 Å². The summed E-state index contributed by atoms with van der Waals surface area (Å²) in [6.07, 6.45) is 4.45. The molecule has 2 rings (SSSR count). The second-order valence-electron chi connectivity index (χ2n) is 4.87. The van der Waals surface area contributed by atoms with Crippen molar-refractivity contribution in [2.24, 2.45) is 0 Å². The van der Waals surface area contributed by atoms with E-state index in [0.29, 0.717) is 5.56 Å². The van der Waals surface area contributed by atoms with Crippen LogP contribution >= 0.6 is 0 Å². The normalized spacial score (nSPS) is 24.2. The van der Waals surface area contributed by atoms with Crippen LogP contribution in [0.5, 0.6) is 0 Å². The number of amides is 1. The predicted octanol–water partition coefficient (Wildman–Crippen LogP) is 2.13. The van der Waals surface area contributed by atoms with Crippen molar-refractivity contribution in [1.29, 1.82) is 0 Å². The molecule has 0 heterocycles. The van der Waals surface area contributed by atoms with Gasteiger partial charge in [-0.25, -0.2) is 4.79 Å². The van der Waals surface area contributed by atoms with Crippen LogP contribution in [-0.4, -0.2) is 27.6 Å². The second-order valence-corrected chi connectivity index (χ2v) is 4.87. The number of benzene rings is 1. The molecule has 1 aromatic rings. The topological polar surface area (TPSA) is 86.6 Å². The van der Waals surface area contributed by atoms with Crippen molar-refractivity contribution in [3.05, 3.63) is 59.9 Å². The molecule has 0 radical (unpaired) electrons. The minimum Gasteiger partial charge on any atom is -0.512 e. The van der Waals surface area contributed by atoms with E-state index in [2.05, 4.69) is 5.32 Å². The van der Waals surface area contributed by atoms with E-state index in [1.54, 1.807) is 37.3 Å². The number of carboxylic acids is 1. The van der Waals surface area contributed by atoms with Crippen molar-refractivity contribution in [2.45, 2.75) is 24.8 Å². The van der Waals surface area contributed by atoms with Gasteiger partial charge in [0.15, 0.2) is 5.54 Å². The van der Waals surface area contributed by atoms with Gasteiger partial charge in [0, 0.05) is 6.42 Å². The van der Waals surface area contributed by atoms with Gasteiger partial charge < -0.3 is 15.5 Å². The summed E-state index contributed by atoms with van der Waals surface area (Å²) in [6, 6.07) is 8.77. The smallest absolute Gasteiger partial charge is 0.334 e. The Labute approximate surface area is 122 Å². The Kier molecular flexibility index (Phi) is 4.12. The Morgan fingerprint density at radius 3 is 2.52 bits per heavy atom. The van der Waals surface area contributed by atoms with E-state index < -0.39 is 23.3 Å². The van der Waals surface area contributed by atoms with Crippen molar-refractivity contribution in [3.8, 4) is 0 Å². The highest BCUT2D eigenvalue weighted by atomic mass is 16.4. The molecule has 3 N–H and O–H groups in total. The fourth-order valence-corrected chi connectivity index (χ4v) is 2.48. The van der Waals surface area contributed by atoms with Crippen molar-refractivity contribution in [3.63, 3.8) is 0 Å². The standard InChI is InChI=1S/C16H17NO4/c1-2-13(19)17-16(15(20)21)10-6-9-12(18)14(16)11-7-4-3-5-8-11/h3-10,14,18H,2H2,1H3,(H,17,19)(H,20,21). The summed E-state index contributed by atoms with van der Waals surface area (Å²) >= 11 is 0. The molecule has 1 aliphatic carbocycles. The van der Waals surface area contributed by atoms with Crippen LogP contribution in [0.25, 0.3) is 0 Å². The minimum atomic E-state index is -1.69. The first-order valence-electron chi connectivity index (χ1n) is 6.69. The van der Waals surface area contributed by atoms with Gasteiger partial charge in [0.25, 0.3) is 0 Å². The molecule has 2 atom stereocenters. The van der Waals surface area contributed by atoms with Gasteiger partial charge in [0.2, 0.25) is 5.91 Å². The fourth-order valence-electron chi connectivity index (χ4n) is 2.48. The molecular weight excluding hydrogens is 270 g/mol. The second kappa shape index (κ2) is 5.83. The number of hydrogen-bond acceptors (Lipinski definition) is 3. The van der Waals surface area contributed by atoms with Crippen LogP contribution in [0.2, 0.25) is 0 Å². The maximum absolute atomic E-state index is 11.9. The summed E-state index contributed by atoms with van der Waals surface area (Å²) in [5.74, 6) is -2.56. The van der Waals surface area contributed by atoms with Gasteiger partial charge in [0.05, 0.1) is 5.92 Å². The first kappa shape index (κ1) is 14.8. The third kappa shape index (κ3) is 2.67. The average Bonchev–Trinajstić information content (AvgIpc) is 2.48. The van der Waals surface area contributed by atoms with Crippen LogP contribution in [0.3, 0.4) is 0 Å². The molecular formula is C16H17NO4. The molecule has 0 fully saturated rings. The first-order chi connectivity index (χ1) is 10.0. The van der Waals surface area contributed by atoms with Gasteiger partial charge in [0.1, 0.15) is 5.76 Å². The quantitative estimate of drug-likeness (QED) is 0.791. The van der Waals surface area contributed by atoms with Crippen LogP contribution < -0.4 is 5.32 Å². The Morgan fingerprint density at radius 2 is 1.95 bits per heavy atom. The van der Waals surface area contributed by atoms with Crippen LogP contribution in [0, 0.1) is 0 Å². The summed E-state index contributed by atoms with van der Waals surface area (Å²) in [4.78, 5) is 23.6. The Hall–Kier alpha value is -2.56. The highest BCUT2D eigenvalue weighted by Gasteiger charge is 2.49. The number of aliphatic carboxylic acids is 1. The number of carbonyl (C=O) groups excluding carboxylic acids is 1. The van der Waals surface area contributed by atoms with E-state index in [9.17, 15) is 19.8 Å². The molecule has 5 nitrogen and oxygen atoms in total. The predicted molar refractivity (Wildman–Crippen MR) is 77.8 cm³/mol. The van der Waals surface area contributed by atoms with Crippen molar-refractivity contribution in [2.75, 3.05) is 0 Å². The van der Waals surface area contributed by atoms with Crippen LogP contribution in [0.1, 0.15) is 24.8 Å². The molecule has 0 saturated carbocycles. The SMILES string of the molecule is CCC(=O)NC1(C(=O)O)C=CC=C(O)C1c1ccccc1. The molecule has 0 spiro atoms. The van der Waals surface area contributed by atoms with Gasteiger partial charge in [-0.15, -0.1) is 0 Å². The van der Waals surface area contributed by atoms with E-state index in [-0.39, 0.29) is 12.2 Å². The summed E-state index contributed by atoms with van der Waals surface area (Å²) in [5, 5.41) is 22.4. The van der Waals surface area contributed by atoms with E-state index in [0.717, 1.165) is 0 Å². The van der Waals surface area contributed by atoms with E-state index in [4.69, 9.17) is 0 Å². The van der Waals surface area contributed by atoms with Crippen LogP contribution in [0.4, 0.5) is 0 Å². The van der Waals surface area contributed by atoms with Gasteiger partial charge in [-0.05, 0) is 17.7 Å². The molecule has 0 bridgehead atoms. The lowest BCUT2D eigenvalue weighted by Gasteiger charge is -2.37. The van der Waals surface area contributed by atoms with Crippen LogP contribution in [-0.2, 0) is 9.59 Å². The van der Waals surface area contributed by atoms with Gasteiger partial charge in [-0.1, -0.05) is 43.3 Å². The molecule has 0 saturated heterocycles. The number of hydrogen-bond donors (Lipinski definition) is 3. The number of aliphatic hydroxyl groups is 1. The molecule has 1 aliphatic rings. The zero-order valence-electron chi connectivity index (χ0n) is 11.6. The molecule has 1 aromatic carbocycles. The molecule has 21 heavy (non-hydrogen) atoms. The highest BCUT2D eigenvalue weighted by Crippen LogP contribution is 2.38. The Morgan fingerprint density at radius 1 is 1.29 bits per heavy atom. The largest absolute Gasteiger partial charge is 0.512 e. The summed E-state index contributed by atoms with van der Waals surface area (Å²) in [6.45, 7) is 1.64. The van der Waals surface area contributed by atoms with Crippen molar-refractivity contribution >= 4 is 11.9 Å². The number of carboxylic acid groups (broad SMARTS) is 1. The monoisotopic (exact) mass is 287 g/mol. The zero-order chi connectivity index (χ0) is 15.5. The third-order valence-electron chi connectivity index (χ3n) is 3.53. The molecule has 5 heteroatoms. The summed E-state index contributed by atoms with van der Waals surface area (Å²) in [5.41, 5.74) is -1.07. The first-order valence-corrected chi connectivity index (χ1v) is 6.69. The van der Waals surface area contributed by atoms with E-state index in [1.807, 2.05) is 0 Å². The third-order valence-corrected chi connectivity index (χ3v) is 3.53. The zero-order valence-corrected chi connectivity index (χ0v) is 11.6. The molecule has 0 aromatic heterocycles. The molecule has 2 unspecified atom stereocenters. The lowest BCUT2D eigenvalue weighted by molar-refractivity contribution is -0.146. The fraction of sp³-hybridized carbons (Fsp3) is 0.250. The van der Waals surface area contributed by atoms with E-state index in [1.165, 1.54) is 18.2 Å². The molecule has 0 aliphatic heterocycles. The van der Waals surface area contributed by atoms with Crippen molar-refractivity contribution < 1.29 is 19.8 Å². The lowest BCUT2D eigenvalue weighted by atomic mass is 9.75. The minimum absolute atomic E-state index is 0.0949. The maximum Gasteiger partial charge on any atom is 0.334 e. The molecule has 110 valence electrons. The number of allylic oxidation sites excluding steroid dienone is 2. The number of rotatable bonds is 4. The summed E-state index contributed by atoms with van der Waals surface area (Å²) in [7, 11) is 0. The number of carbonyl (C=O) groups is 2. The highest BCUT2D eigenvalue weighted by molar-refractivity contribution is 5.91. The Bertz CT molecular complexity index is 606.